The highest BCUT2D eigenvalue weighted by Gasteiger charge is 2.28. The SMILES string of the molecule is CSCC[C@H](NC(=O)[C@@H](N)CC(=O)O)C(=O)N[C@@H](Cc1cnc[nH]1)C(=O)O. The molecule has 0 radical (unpaired) electrons. The molecule has 7 N–H and O–H groups in total. The third-order valence-electron chi connectivity index (χ3n) is 3.57. The summed E-state index contributed by atoms with van der Waals surface area (Å²) in [6.07, 6.45) is 4.28. The zero-order chi connectivity index (χ0) is 20.4. The summed E-state index contributed by atoms with van der Waals surface area (Å²) in [5.74, 6) is -3.44. The Bertz CT molecular complexity index is 653. The number of nitrogens with one attached hydrogen (secondary N) is 3. The van der Waals surface area contributed by atoms with Gasteiger partial charge in [0, 0.05) is 18.3 Å². The molecule has 0 fully saturated rings. The van der Waals surface area contributed by atoms with Crippen molar-refractivity contribution in [2.24, 2.45) is 5.73 Å². The molecule has 0 spiro atoms. The molecule has 1 rings (SSSR count). The first-order valence-electron chi connectivity index (χ1n) is 8.01. The van der Waals surface area contributed by atoms with Crippen molar-refractivity contribution < 1.29 is 29.4 Å². The normalized spacial score (nSPS) is 14.0. The molecule has 11 nitrogen and oxygen atoms in total. The van der Waals surface area contributed by atoms with Gasteiger partial charge in [0.25, 0.3) is 0 Å². The van der Waals surface area contributed by atoms with Gasteiger partial charge in [0.1, 0.15) is 12.1 Å². The van der Waals surface area contributed by atoms with Gasteiger partial charge in [-0.1, -0.05) is 0 Å². The van der Waals surface area contributed by atoms with Crippen LogP contribution in [0.2, 0.25) is 0 Å². The summed E-state index contributed by atoms with van der Waals surface area (Å²) in [5, 5.41) is 22.8. The van der Waals surface area contributed by atoms with Crippen molar-refractivity contribution in [3.8, 4) is 0 Å². The first-order chi connectivity index (χ1) is 12.7. The molecule has 27 heavy (non-hydrogen) atoms. The van der Waals surface area contributed by atoms with Crippen molar-refractivity contribution in [1.82, 2.24) is 20.6 Å². The van der Waals surface area contributed by atoms with E-state index in [9.17, 15) is 24.3 Å². The number of imidazole rings is 1. The Balaban J connectivity index is 2.77. The number of carboxylic acids is 2. The maximum atomic E-state index is 12.5. The van der Waals surface area contributed by atoms with Gasteiger partial charge in [0.2, 0.25) is 11.8 Å². The first kappa shape index (κ1) is 22.4. The summed E-state index contributed by atoms with van der Waals surface area (Å²) in [7, 11) is 0. The standard InChI is InChI=1S/C15H23N5O6S/c1-27-3-2-10(19-13(23)9(16)5-12(21)22)14(24)20-11(15(25)26)4-8-6-17-7-18-8/h6-7,9-11H,2-5,16H2,1H3,(H,17,18)(H,19,23)(H,20,24)(H,21,22)(H,25,26)/t9-,10-,11-/m0/s1. The van der Waals surface area contributed by atoms with E-state index in [0.717, 1.165) is 0 Å². The van der Waals surface area contributed by atoms with Crippen molar-refractivity contribution in [3.05, 3.63) is 18.2 Å². The number of hydrogen-bond donors (Lipinski definition) is 6. The second kappa shape index (κ2) is 11.2. The average molecular weight is 401 g/mol. The maximum absolute atomic E-state index is 12.5. The molecule has 0 aliphatic heterocycles. The predicted molar refractivity (Wildman–Crippen MR) is 97.0 cm³/mol. The predicted octanol–water partition coefficient (Wildman–Crippen LogP) is -1.44. The van der Waals surface area contributed by atoms with Crippen molar-refractivity contribution in [3.63, 3.8) is 0 Å². The highest BCUT2D eigenvalue weighted by Crippen LogP contribution is 2.05. The van der Waals surface area contributed by atoms with Crippen LogP contribution in [0.25, 0.3) is 0 Å². The van der Waals surface area contributed by atoms with Gasteiger partial charge < -0.3 is 31.6 Å². The summed E-state index contributed by atoms with van der Waals surface area (Å²) >= 11 is 1.44. The molecular weight excluding hydrogens is 378 g/mol. The number of nitrogens with zero attached hydrogens (tertiary/aromatic N) is 1. The van der Waals surface area contributed by atoms with E-state index in [1.54, 1.807) is 0 Å². The quantitative estimate of drug-likeness (QED) is 0.244. The van der Waals surface area contributed by atoms with E-state index in [1.165, 1.54) is 24.3 Å². The molecule has 0 unspecified atom stereocenters. The Morgan fingerprint density at radius 1 is 1.22 bits per heavy atom. The third-order valence-corrected chi connectivity index (χ3v) is 4.21. The fourth-order valence-corrected chi connectivity index (χ4v) is 2.62. The van der Waals surface area contributed by atoms with Gasteiger partial charge in [-0.15, -0.1) is 0 Å². The number of carbonyl (C=O) groups excluding carboxylic acids is 2. The van der Waals surface area contributed by atoms with E-state index in [1.807, 2.05) is 6.26 Å². The number of nitrogens with two attached hydrogens (primary N) is 1. The monoisotopic (exact) mass is 401 g/mol. The Morgan fingerprint density at radius 2 is 1.89 bits per heavy atom. The van der Waals surface area contributed by atoms with Crippen molar-refractivity contribution >= 4 is 35.5 Å². The lowest BCUT2D eigenvalue weighted by Gasteiger charge is -2.22. The van der Waals surface area contributed by atoms with Crippen LogP contribution in [0.4, 0.5) is 0 Å². The number of thioether (sulfide) groups is 1. The van der Waals surface area contributed by atoms with Gasteiger partial charge in [-0.05, 0) is 18.4 Å². The Kier molecular flexibility index (Phi) is 9.30. The molecule has 0 aliphatic rings. The van der Waals surface area contributed by atoms with Crippen LogP contribution in [0, 0.1) is 0 Å². The Hall–Kier alpha value is -2.60. The topological polar surface area (TPSA) is 188 Å². The second-order valence-electron chi connectivity index (χ2n) is 5.73. The summed E-state index contributed by atoms with van der Waals surface area (Å²) in [5.41, 5.74) is 6.02. The molecule has 12 heteroatoms. The van der Waals surface area contributed by atoms with Crippen molar-refractivity contribution in [2.45, 2.75) is 37.4 Å². The maximum Gasteiger partial charge on any atom is 0.326 e. The Labute approximate surface area is 159 Å². The number of rotatable bonds is 12. The highest BCUT2D eigenvalue weighted by atomic mass is 32.2. The lowest BCUT2D eigenvalue weighted by atomic mass is 10.1. The summed E-state index contributed by atoms with van der Waals surface area (Å²) in [4.78, 5) is 53.1. The zero-order valence-electron chi connectivity index (χ0n) is 14.7. The molecule has 1 heterocycles. The van der Waals surface area contributed by atoms with Crippen LogP contribution >= 0.6 is 11.8 Å². The van der Waals surface area contributed by atoms with Crippen LogP contribution in [-0.2, 0) is 25.6 Å². The summed E-state index contributed by atoms with van der Waals surface area (Å²) < 4.78 is 0. The smallest absolute Gasteiger partial charge is 0.326 e. The highest BCUT2D eigenvalue weighted by molar-refractivity contribution is 7.98. The first-order valence-corrected chi connectivity index (χ1v) is 9.41. The molecular formula is C15H23N5O6S. The molecule has 0 aliphatic carbocycles. The molecule has 0 aromatic carbocycles. The van der Waals surface area contributed by atoms with Gasteiger partial charge in [-0.2, -0.15) is 11.8 Å². The van der Waals surface area contributed by atoms with Crippen molar-refractivity contribution in [2.75, 3.05) is 12.0 Å². The Morgan fingerprint density at radius 3 is 2.41 bits per heavy atom. The van der Waals surface area contributed by atoms with Crippen LogP contribution in [0.5, 0.6) is 0 Å². The van der Waals surface area contributed by atoms with Gasteiger partial charge in [0.15, 0.2) is 0 Å². The number of hydrogen-bond acceptors (Lipinski definition) is 7. The fraction of sp³-hybridized carbons (Fsp3) is 0.533. The number of aromatic nitrogens is 2. The minimum absolute atomic E-state index is 0.0111. The molecule has 0 saturated carbocycles. The average Bonchev–Trinajstić information content (AvgIpc) is 3.09. The van der Waals surface area contributed by atoms with Gasteiger partial charge in [-0.3, -0.25) is 14.4 Å². The third kappa shape index (κ3) is 8.09. The number of carboxylic acid groups (broad SMARTS) is 2. The van der Waals surface area contributed by atoms with Crippen LogP contribution in [0.3, 0.4) is 0 Å². The summed E-state index contributed by atoms with van der Waals surface area (Å²) in [6.45, 7) is 0. The molecule has 1 aromatic rings. The van der Waals surface area contributed by atoms with E-state index in [-0.39, 0.29) is 12.8 Å². The van der Waals surface area contributed by atoms with Gasteiger partial charge in [0.05, 0.1) is 18.8 Å². The molecule has 0 saturated heterocycles. The van der Waals surface area contributed by atoms with E-state index < -0.39 is 48.3 Å². The molecule has 0 bridgehead atoms. The zero-order valence-corrected chi connectivity index (χ0v) is 15.5. The van der Waals surface area contributed by atoms with E-state index >= 15 is 0 Å². The largest absolute Gasteiger partial charge is 0.481 e. The number of amides is 2. The lowest BCUT2D eigenvalue weighted by molar-refractivity contribution is -0.142. The van der Waals surface area contributed by atoms with Crippen molar-refractivity contribution in [1.29, 1.82) is 0 Å². The molecule has 3 atom stereocenters. The minimum atomic E-state index is -1.31. The van der Waals surface area contributed by atoms with Crippen LogP contribution < -0.4 is 16.4 Å². The van der Waals surface area contributed by atoms with E-state index in [4.69, 9.17) is 10.8 Å². The van der Waals surface area contributed by atoms with Gasteiger partial charge >= 0.3 is 11.9 Å². The van der Waals surface area contributed by atoms with E-state index in [0.29, 0.717) is 11.4 Å². The number of H-pyrrole nitrogens is 1. The lowest BCUT2D eigenvalue weighted by Crippen LogP contribution is -2.55. The number of carbonyl (C=O) groups is 4. The number of aromatic amines is 1. The van der Waals surface area contributed by atoms with Crippen LogP contribution in [-0.4, -0.2) is 74.1 Å². The molecule has 150 valence electrons. The second-order valence-corrected chi connectivity index (χ2v) is 6.71. The van der Waals surface area contributed by atoms with Crippen LogP contribution in [0.15, 0.2) is 12.5 Å². The minimum Gasteiger partial charge on any atom is -0.481 e. The summed E-state index contributed by atoms with van der Waals surface area (Å²) in [6, 6.07) is -3.57. The molecule has 1 aromatic heterocycles. The van der Waals surface area contributed by atoms with E-state index in [2.05, 4.69) is 20.6 Å². The number of aliphatic carboxylic acids is 2. The fourth-order valence-electron chi connectivity index (χ4n) is 2.15. The molecule has 2 amide bonds. The van der Waals surface area contributed by atoms with Crippen LogP contribution in [0.1, 0.15) is 18.5 Å². The van der Waals surface area contributed by atoms with Gasteiger partial charge in [-0.25, -0.2) is 9.78 Å².